The van der Waals surface area contributed by atoms with Crippen molar-refractivity contribution in [2.75, 3.05) is 13.2 Å². The minimum atomic E-state index is -0.329. The fourth-order valence-electron chi connectivity index (χ4n) is 1.55. The minimum Gasteiger partial charge on any atom is -0.494 e. The van der Waals surface area contributed by atoms with Crippen LogP contribution in [0.5, 0.6) is 5.75 Å². The number of nitrogens with two attached hydrogens (primary N) is 1. The molecule has 4 nitrogen and oxygen atoms in total. The molecule has 1 aromatic carbocycles. The Kier molecular flexibility index (Phi) is 6.22. The molecule has 1 rings (SSSR count). The fourth-order valence-corrected chi connectivity index (χ4v) is 1.55. The zero-order valence-corrected chi connectivity index (χ0v) is 11.0. The van der Waals surface area contributed by atoms with Gasteiger partial charge in [-0.3, -0.25) is 4.79 Å². The third-order valence-corrected chi connectivity index (χ3v) is 2.47. The van der Waals surface area contributed by atoms with Crippen LogP contribution in [0.2, 0.25) is 0 Å². The summed E-state index contributed by atoms with van der Waals surface area (Å²) in [6.07, 6.45) is 1.17. The summed E-state index contributed by atoms with van der Waals surface area (Å²) in [5.74, 6) is 0.556. The Balaban J connectivity index is 2.53. The number of carbonyl (C=O) groups excluding carboxylic acids is 1. The van der Waals surface area contributed by atoms with Crippen molar-refractivity contribution in [3.8, 4) is 5.75 Å². The lowest BCUT2D eigenvalue weighted by Crippen LogP contribution is -2.17. The van der Waals surface area contributed by atoms with Gasteiger partial charge in [-0.25, -0.2) is 0 Å². The van der Waals surface area contributed by atoms with E-state index in [0.717, 1.165) is 17.7 Å². The lowest BCUT2D eigenvalue weighted by molar-refractivity contribution is -0.143. The van der Waals surface area contributed by atoms with Crippen molar-refractivity contribution in [3.05, 3.63) is 29.8 Å². The molecule has 0 aliphatic rings. The zero-order chi connectivity index (χ0) is 13.4. The van der Waals surface area contributed by atoms with Crippen molar-refractivity contribution in [2.24, 2.45) is 5.73 Å². The summed E-state index contributed by atoms with van der Waals surface area (Å²) in [4.78, 5) is 11.3. The third-order valence-electron chi connectivity index (χ3n) is 2.47. The lowest BCUT2D eigenvalue weighted by atomic mass is 10.0. The van der Waals surface area contributed by atoms with E-state index in [0.29, 0.717) is 13.2 Å². The molecule has 0 spiro atoms. The summed E-state index contributed by atoms with van der Waals surface area (Å²) in [5, 5.41) is 0. The van der Waals surface area contributed by atoms with E-state index in [1.807, 2.05) is 24.3 Å². The van der Waals surface area contributed by atoms with Gasteiger partial charge in [-0.1, -0.05) is 19.1 Å². The molecule has 0 saturated heterocycles. The summed E-state index contributed by atoms with van der Waals surface area (Å²) in [6, 6.07) is 7.18. The Hall–Kier alpha value is -1.55. The molecular formula is C14H21NO3. The molecule has 1 atom stereocenters. The number of carbonyl (C=O) groups is 1. The summed E-state index contributed by atoms with van der Waals surface area (Å²) < 4.78 is 10.3. The topological polar surface area (TPSA) is 61.5 Å². The highest BCUT2D eigenvalue weighted by molar-refractivity contribution is 5.70. The van der Waals surface area contributed by atoms with Gasteiger partial charge < -0.3 is 15.2 Å². The van der Waals surface area contributed by atoms with Gasteiger partial charge in [0, 0.05) is 6.04 Å². The molecule has 0 aliphatic heterocycles. The first kappa shape index (κ1) is 14.5. The number of ether oxygens (including phenoxy) is 2. The Labute approximate surface area is 108 Å². The monoisotopic (exact) mass is 251 g/mol. The maximum absolute atomic E-state index is 11.3. The second-order valence-electron chi connectivity index (χ2n) is 4.03. The highest BCUT2D eigenvalue weighted by Gasteiger charge is 2.12. The van der Waals surface area contributed by atoms with Crippen molar-refractivity contribution in [2.45, 2.75) is 32.7 Å². The van der Waals surface area contributed by atoms with Crippen molar-refractivity contribution in [1.29, 1.82) is 0 Å². The van der Waals surface area contributed by atoms with Gasteiger partial charge >= 0.3 is 5.97 Å². The predicted molar refractivity (Wildman–Crippen MR) is 70.4 cm³/mol. The Morgan fingerprint density at radius 3 is 2.50 bits per heavy atom. The van der Waals surface area contributed by atoms with E-state index in [1.54, 1.807) is 6.92 Å². The van der Waals surface area contributed by atoms with E-state index in [1.165, 1.54) is 0 Å². The molecule has 0 bridgehead atoms. The third kappa shape index (κ3) is 4.75. The van der Waals surface area contributed by atoms with E-state index in [-0.39, 0.29) is 18.4 Å². The van der Waals surface area contributed by atoms with Crippen LogP contribution < -0.4 is 10.5 Å². The highest BCUT2D eigenvalue weighted by Crippen LogP contribution is 2.19. The van der Waals surface area contributed by atoms with E-state index in [4.69, 9.17) is 15.2 Å². The molecule has 4 heteroatoms. The second kappa shape index (κ2) is 7.71. The van der Waals surface area contributed by atoms with Crippen LogP contribution in [0.1, 0.15) is 38.3 Å². The number of hydrogen-bond acceptors (Lipinski definition) is 4. The molecule has 0 radical (unpaired) electrons. The molecular weight excluding hydrogens is 230 g/mol. The quantitative estimate of drug-likeness (QED) is 0.756. The Morgan fingerprint density at radius 2 is 1.94 bits per heavy atom. The number of rotatable bonds is 7. The van der Waals surface area contributed by atoms with Gasteiger partial charge in [-0.2, -0.15) is 0 Å². The van der Waals surface area contributed by atoms with Crippen molar-refractivity contribution >= 4 is 5.97 Å². The summed E-state index contributed by atoms with van der Waals surface area (Å²) in [7, 11) is 0. The molecule has 0 heterocycles. The molecule has 0 aliphatic carbocycles. The smallest absolute Gasteiger partial charge is 0.307 e. The summed E-state index contributed by atoms with van der Waals surface area (Å²) >= 11 is 0. The molecule has 18 heavy (non-hydrogen) atoms. The van der Waals surface area contributed by atoms with Gasteiger partial charge in [0.05, 0.1) is 19.6 Å². The highest BCUT2D eigenvalue weighted by atomic mass is 16.5. The van der Waals surface area contributed by atoms with Gasteiger partial charge in [-0.15, -0.1) is 0 Å². The van der Waals surface area contributed by atoms with Crippen LogP contribution in [0.15, 0.2) is 24.3 Å². The van der Waals surface area contributed by atoms with Gasteiger partial charge in [-0.05, 0) is 31.0 Å². The zero-order valence-electron chi connectivity index (χ0n) is 11.0. The molecule has 0 amide bonds. The van der Waals surface area contributed by atoms with Crippen LogP contribution in [0.4, 0.5) is 0 Å². The molecule has 0 fully saturated rings. The SMILES string of the molecule is CCCOc1ccc([C@H](N)CC(=O)OCC)cc1. The average Bonchev–Trinajstić information content (AvgIpc) is 2.37. The first-order valence-corrected chi connectivity index (χ1v) is 6.31. The van der Waals surface area contributed by atoms with Crippen molar-refractivity contribution < 1.29 is 14.3 Å². The normalized spacial score (nSPS) is 11.9. The van der Waals surface area contributed by atoms with Crippen molar-refractivity contribution in [1.82, 2.24) is 0 Å². The average molecular weight is 251 g/mol. The standard InChI is InChI=1S/C14H21NO3/c1-3-9-18-12-7-5-11(6-8-12)13(15)10-14(16)17-4-2/h5-8,13H,3-4,9-10,15H2,1-2H3/t13-/m1/s1. The largest absolute Gasteiger partial charge is 0.494 e. The summed E-state index contributed by atoms with van der Waals surface area (Å²) in [5.41, 5.74) is 6.84. The van der Waals surface area contributed by atoms with E-state index in [9.17, 15) is 4.79 Å². The van der Waals surface area contributed by atoms with Gasteiger partial charge in [0.15, 0.2) is 0 Å². The predicted octanol–water partition coefficient (Wildman–Crippen LogP) is 2.43. The Morgan fingerprint density at radius 1 is 1.28 bits per heavy atom. The van der Waals surface area contributed by atoms with Gasteiger partial charge in [0.1, 0.15) is 5.75 Å². The molecule has 0 saturated carbocycles. The Bertz CT molecular complexity index is 362. The first-order valence-electron chi connectivity index (χ1n) is 6.31. The van der Waals surface area contributed by atoms with Crippen LogP contribution >= 0.6 is 0 Å². The van der Waals surface area contributed by atoms with Crippen molar-refractivity contribution in [3.63, 3.8) is 0 Å². The molecule has 0 unspecified atom stereocenters. The van der Waals surface area contributed by atoms with E-state index < -0.39 is 0 Å². The van der Waals surface area contributed by atoms with Crippen LogP contribution in [-0.2, 0) is 9.53 Å². The van der Waals surface area contributed by atoms with E-state index >= 15 is 0 Å². The van der Waals surface area contributed by atoms with Gasteiger partial charge in [0.25, 0.3) is 0 Å². The molecule has 1 aromatic rings. The van der Waals surface area contributed by atoms with E-state index in [2.05, 4.69) is 6.92 Å². The number of esters is 1. The number of benzene rings is 1. The fraction of sp³-hybridized carbons (Fsp3) is 0.500. The molecule has 2 N–H and O–H groups in total. The lowest BCUT2D eigenvalue weighted by Gasteiger charge is -2.12. The van der Waals surface area contributed by atoms with Gasteiger partial charge in [0.2, 0.25) is 0 Å². The second-order valence-corrected chi connectivity index (χ2v) is 4.03. The maximum atomic E-state index is 11.3. The van der Waals surface area contributed by atoms with Crippen LogP contribution in [0.3, 0.4) is 0 Å². The summed E-state index contributed by atoms with van der Waals surface area (Å²) in [6.45, 7) is 4.93. The van der Waals surface area contributed by atoms with Crippen LogP contribution in [0.25, 0.3) is 0 Å². The maximum Gasteiger partial charge on any atom is 0.307 e. The van der Waals surface area contributed by atoms with Crippen LogP contribution in [0, 0.1) is 0 Å². The molecule has 100 valence electrons. The molecule has 0 aromatic heterocycles. The minimum absolute atomic E-state index is 0.197. The number of hydrogen-bond donors (Lipinski definition) is 1. The first-order chi connectivity index (χ1) is 8.67. The van der Waals surface area contributed by atoms with Crippen LogP contribution in [-0.4, -0.2) is 19.2 Å².